The van der Waals surface area contributed by atoms with Crippen molar-refractivity contribution in [3.05, 3.63) is 57.8 Å². The van der Waals surface area contributed by atoms with Crippen LogP contribution in [0.15, 0.2) is 47.1 Å². The topological polar surface area (TPSA) is 91.6 Å². The van der Waals surface area contributed by atoms with Crippen LogP contribution < -0.4 is 10.0 Å². The Kier molecular flexibility index (Phi) is 6.63. The Morgan fingerprint density at radius 3 is 2.38 bits per heavy atom. The van der Waals surface area contributed by atoms with Crippen molar-refractivity contribution < 1.29 is 23.8 Å². The minimum Gasteiger partial charge on any atom is -0.619 e. The van der Waals surface area contributed by atoms with Gasteiger partial charge in [0.1, 0.15) is 0 Å². The van der Waals surface area contributed by atoms with Crippen LogP contribution in [0.5, 0.6) is 0 Å². The molecule has 1 aliphatic rings. The number of carbonyl (C=O) groups excluding carboxylic acids is 2. The predicted molar refractivity (Wildman–Crippen MR) is 95.0 cm³/mol. The second kappa shape index (κ2) is 8.71. The van der Waals surface area contributed by atoms with Crippen molar-refractivity contribution in [1.29, 1.82) is 0 Å². The summed E-state index contributed by atoms with van der Waals surface area (Å²) in [7, 11) is 0. The summed E-state index contributed by atoms with van der Waals surface area (Å²) in [6, 6.07) is 3.22. The number of pyridine rings is 1. The number of esters is 2. The van der Waals surface area contributed by atoms with Gasteiger partial charge in [0, 0.05) is 23.0 Å². The Balaban J connectivity index is 2.68. The molecule has 0 aliphatic carbocycles. The fourth-order valence-electron chi connectivity index (χ4n) is 2.91. The molecule has 1 atom stereocenters. The summed E-state index contributed by atoms with van der Waals surface area (Å²) in [4.78, 5) is 25.2. The Morgan fingerprint density at radius 1 is 1.23 bits per heavy atom. The highest BCUT2D eigenvalue weighted by atomic mass is 35.5. The normalized spacial score (nSPS) is 17.0. The van der Waals surface area contributed by atoms with E-state index in [-0.39, 0.29) is 30.2 Å². The highest BCUT2D eigenvalue weighted by Gasteiger charge is 2.39. The minimum absolute atomic E-state index is 0.0162. The van der Waals surface area contributed by atoms with Crippen LogP contribution in [0.1, 0.15) is 32.3 Å². The summed E-state index contributed by atoms with van der Waals surface area (Å²) in [5.41, 5.74) is 1.86. The van der Waals surface area contributed by atoms with Gasteiger partial charge in [-0.3, -0.25) is 0 Å². The average molecular weight is 381 g/mol. The highest BCUT2D eigenvalue weighted by molar-refractivity contribution is 6.20. The molecule has 0 aromatic carbocycles. The van der Waals surface area contributed by atoms with E-state index in [9.17, 15) is 14.8 Å². The molecule has 2 rings (SSSR count). The average Bonchev–Trinajstić information content (AvgIpc) is 2.60. The van der Waals surface area contributed by atoms with Crippen LogP contribution in [0.25, 0.3) is 0 Å². The van der Waals surface area contributed by atoms with E-state index in [2.05, 4.69) is 5.32 Å². The maximum Gasteiger partial charge on any atom is 0.336 e. The maximum absolute atomic E-state index is 12.6. The monoisotopic (exact) mass is 380 g/mol. The third kappa shape index (κ3) is 3.99. The molecule has 2 heterocycles. The summed E-state index contributed by atoms with van der Waals surface area (Å²) >= 11 is 6.02. The van der Waals surface area contributed by atoms with Crippen LogP contribution in [-0.2, 0) is 19.1 Å². The molecule has 140 valence electrons. The molecule has 0 saturated heterocycles. The summed E-state index contributed by atoms with van der Waals surface area (Å²) < 4.78 is 10.9. The lowest BCUT2D eigenvalue weighted by Gasteiger charge is -2.30. The molecule has 1 aromatic heterocycles. The molecule has 0 spiro atoms. The Bertz CT molecular complexity index is 773. The van der Waals surface area contributed by atoms with Crippen molar-refractivity contribution in [2.24, 2.45) is 0 Å². The lowest BCUT2D eigenvalue weighted by Crippen LogP contribution is -2.35. The minimum atomic E-state index is -0.815. The van der Waals surface area contributed by atoms with E-state index in [1.165, 1.54) is 12.4 Å². The molecule has 1 aromatic rings. The van der Waals surface area contributed by atoms with E-state index < -0.39 is 17.9 Å². The molecule has 7 nitrogen and oxygen atoms in total. The van der Waals surface area contributed by atoms with Gasteiger partial charge in [0.2, 0.25) is 0 Å². The molecule has 0 saturated carbocycles. The van der Waals surface area contributed by atoms with Crippen LogP contribution >= 0.6 is 11.6 Å². The maximum atomic E-state index is 12.6. The van der Waals surface area contributed by atoms with Gasteiger partial charge in [0.15, 0.2) is 12.4 Å². The van der Waals surface area contributed by atoms with Gasteiger partial charge in [-0.05, 0) is 26.8 Å². The Hall–Kier alpha value is -2.54. The van der Waals surface area contributed by atoms with E-state index >= 15 is 0 Å². The SMILES string of the molecule is CCOC(=O)C1=C(C)NC(CCl)=C(C(=O)OCC)C1c1ccc[n+]([O-])c1. The summed E-state index contributed by atoms with van der Waals surface area (Å²) in [5, 5.41) is 14.8. The molecule has 26 heavy (non-hydrogen) atoms. The van der Waals surface area contributed by atoms with E-state index in [4.69, 9.17) is 21.1 Å². The van der Waals surface area contributed by atoms with Gasteiger partial charge in [-0.25, -0.2) is 9.59 Å². The molecule has 0 radical (unpaired) electrons. The number of aromatic nitrogens is 1. The van der Waals surface area contributed by atoms with Crippen molar-refractivity contribution >= 4 is 23.5 Å². The van der Waals surface area contributed by atoms with Crippen molar-refractivity contribution in [2.45, 2.75) is 26.7 Å². The second-order valence-corrected chi connectivity index (χ2v) is 5.83. The van der Waals surface area contributed by atoms with E-state index in [1.54, 1.807) is 32.9 Å². The zero-order chi connectivity index (χ0) is 19.3. The Labute approximate surface area is 156 Å². The first-order chi connectivity index (χ1) is 12.4. The van der Waals surface area contributed by atoms with Gasteiger partial charge in [0.05, 0.1) is 36.2 Å². The van der Waals surface area contributed by atoms with E-state index in [0.29, 0.717) is 21.7 Å². The van der Waals surface area contributed by atoms with Crippen LogP contribution in [0.2, 0.25) is 0 Å². The van der Waals surface area contributed by atoms with Gasteiger partial charge in [0.25, 0.3) is 0 Å². The summed E-state index contributed by atoms with van der Waals surface area (Å²) in [5.74, 6) is -1.97. The standard InChI is InChI=1S/C18H21ClN2O5/c1-4-25-17(22)14-11(3)20-13(9-19)16(18(23)26-5-2)15(14)12-7-6-8-21(24)10-12/h6-8,10,15,20H,4-5,9H2,1-3H3. The van der Waals surface area contributed by atoms with Crippen LogP contribution in [0.3, 0.4) is 0 Å². The van der Waals surface area contributed by atoms with Crippen LogP contribution in [0.4, 0.5) is 0 Å². The van der Waals surface area contributed by atoms with Gasteiger partial charge in [-0.2, -0.15) is 4.73 Å². The van der Waals surface area contributed by atoms with Crippen LogP contribution in [0, 0.1) is 5.21 Å². The molecule has 0 amide bonds. The first kappa shape index (κ1) is 19.8. The van der Waals surface area contributed by atoms with Crippen molar-refractivity contribution in [1.82, 2.24) is 5.32 Å². The van der Waals surface area contributed by atoms with Crippen molar-refractivity contribution in [3.63, 3.8) is 0 Å². The fraction of sp³-hybridized carbons (Fsp3) is 0.389. The molecule has 0 bridgehead atoms. The molecular weight excluding hydrogens is 360 g/mol. The molecule has 8 heteroatoms. The third-order valence-electron chi connectivity index (χ3n) is 3.90. The van der Waals surface area contributed by atoms with Gasteiger partial charge >= 0.3 is 11.9 Å². The molecule has 0 fully saturated rings. The number of alkyl halides is 1. The summed E-state index contributed by atoms with van der Waals surface area (Å²) in [6.45, 7) is 5.42. The van der Waals surface area contributed by atoms with Gasteiger partial charge in [-0.15, -0.1) is 11.6 Å². The number of ether oxygens (including phenoxy) is 2. The zero-order valence-electron chi connectivity index (χ0n) is 14.9. The third-order valence-corrected chi connectivity index (χ3v) is 4.17. The molecule has 1 aliphatic heterocycles. The number of rotatable bonds is 6. The molecular formula is C18H21ClN2O5. The summed E-state index contributed by atoms with van der Waals surface area (Å²) in [6.07, 6.45) is 2.63. The number of hydrogen-bond donors (Lipinski definition) is 1. The first-order valence-electron chi connectivity index (χ1n) is 8.24. The predicted octanol–water partition coefficient (Wildman–Crippen LogP) is 1.90. The number of carbonyl (C=O) groups is 2. The van der Waals surface area contributed by atoms with E-state index in [1.807, 2.05) is 0 Å². The number of allylic oxidation sites excluding steroid dienone is 2. The second-order valence-electron chi connectivity index (χ2n) is 5.56. The number of nitrogens with one attached hydrogen (secondary N) is 1. The van der Waals surface area contributed by atoms with Crippen molar-refractivity contribution in [2.75, 3.05) is 19.1 Å². The van der Waals surface area contributed by atoms with Crippen LogP contribution in [-0.4, -0.2) is 31.0 Å². The van der Waals surface area contributed by atoms with Crippen molar-refractivity contribution in [3.8, 4) is 0 Å². The van der Waals surface area contributed by atoms with Gasteiger partial charge in [-0.1, -0.05) is 0 Å². The number of nitrogens with zero attached hydrogens (tertiary/aromatic N) is 1. The number of hydrogen-bond acceptors (Lipinski definition) is 6. The lowest BCUT2D eigenvalue weighted by atomic mass is 9.81. The van der Waals surface area contributed by atoms with Gasteiger partial charge < -0.3 is 20.0 Å². The quantitative estimate of drug-likeness (QED) is 0.351. The highest BCUT2D eigenvalue weighted by Crippen LogP contribution is 2.39. The molecule has 1 N–H and O–H groups in total. The lowest BCUT2D eigenvalue weighted by molar-refractivity contribution is -0.605. The largest absolute Gasteiger partial charge is 0.619 e. The van der Waals surface area contributed by atoms with E-state index in [0.717, 1.165) is 0 Å². The zero-order valence-corrected chi connectivity index (χ0v) is 15.6. The fourth-order valence-corrected chi connectivity index (χ4v) is 3.12. The molecule has 1 unspecified atom stereocenters. The Morgan fingerprint density at radius 2 is 1.85 bits per heavy atom. The number of dihydropyridines is 1. The smallest absolute Gasteiger partial charge is 0.336 e. The number of halogens is 1. The first-order valence-corrected chi connectivity index (χ1v) is 8.77.